The average Bonchev–Trinajstić information content (AvgIpc) is 3.53. The molecule has 1 unspecified atom stereocenters. The summed E-state index contributed by atoms with van der Waals surface area (Å²) in [4.78, 5) is 29.3. The molecule has 1 N–H and O–H groups in total. The molecule has 0 bridgehead atoms. The Kier molecular flexibility index (Phi) is 6.63. The standard InChI is InChI=1S/C28H29F3N4O3/c1-15(7-25-16(2)12-32-33-25)18-5-4-6-20(9-18)35-14-23-22(27(35)38)10-19(11-24(23)28(29,30)31)26(37)34-13-21(36)8-17(34)3/h4-6,9-12,15-17,21,36H,7-8,13-14H2,1-3H3/t15-,16?,17-,21+/m1/s1. The number of carbonyl (C=O) groups excluding carboxylic acids is 2. The van der Waals surface area contributed by atoms with E-state index in [1.807, 2.05) is 26.0 Å². The van der Waals surface area contributed by atoms with Gasteiger partial charge in [0.1, 0.15) is 0 Å². The van der Waals surface area contributed by atoms with Gasteiger partial charge in [0.25, 0.3) is 11.8 Å². The van der Waals surface area contributed by atoms with E-state index in [4.69, 9.17) is 0 Å². The fourth-order valence-electron chi connectivity index (χ4n) is 5.49. The lowest BCUT2D eigenvalue weighted by molar-refractivity contribution is -0.138. The summed E-state index contributed by atoms with van der Waals surface area (Å²) in [6.07, 6.45) is -2.67. The molecule has 3 aliphatic rings. The first-order valence-electron chi connectivity index (χ1n) is 12.7. The van der Waals surface area contributed by atoms with Crippen LogP contribution in [0.25, 0.3) is 0 Å². The third-order valence-electron chi connectivity index (χ3n) is 7.68. The fourth-order valence-corrected chi connectivity index (χ4v) is 5.49. The monoisotopic (exact) mass is 526 g/mol. The third-order valence-corrected chi connectivity index (χ3v) is 7.68. The van der Waals surface area contributed by atoms with Crippen LogP contribution in [0.3, 0.4) is 0 Å². The number of alkyl halides is 3. The van der Waals surface area contributed by atoms with E-state index in [1.54, 1.807) is 25.3 Å². The van der Waals surface area contributed by atoms with Gasteiger partial charge in [-0.15, -0.1) is 0 Å². The number of aliphatic hydroxyl groups excluding tert-OH is 1. The van der Waals surface area contributed by atoms with E-state index in [2.05, 4.69) is 10.2 Å². The van der Waals surface area contributed by atoms with Gasteiger partial charge in [-0.05, 0) is 61.1 Å². The van der Waals surface area contributed by atoms with Crippen molar-refractivity contribution in [2.24, 2.45) is 16.1 Å². The third kappa shape index (κ3) is 4.73. The van der Waals surface area contributed by atoms with Gasteiger partial charge in [0, 0.05) is 47.2 Å². The first kappa shape index (κ1) is 26.1. The Balaban J connectivity index is 1.45. The summed E-state index contributed by atoms with van der Waals surface area (Å²) in [6.45, 7) is 5.58. The minimum Gasteiger partial charge on any atom is -0.391 e. The van der Waals surface area contributed by atoms with E-state index >= 15 is 0 Å². The molecule has 10 heteroatoms. The molecule has 5 rings (SSSR count). The quantitative estimate of drug-likeness (QED) is 0.593. The van der Waals surface area contributed by atoms with E-state index in [1.165, 1.54) is 15.9 Å². The van der Waals surface area contributed by atoms with Crippen molar-refractivity contribution in [1.82, 2.24) is 4.90 Å². The molecule has 0 aliphatic carbocycles. The maximum atomic E-state index is 14.1. The highest BCUT2D eigenvalue weighted by molar-refractivity contribution is 6.12. The first-order valence-corrected chi connectivity index (χ1v) is 12.7. The molecule has 7 nitrogen and oxygen atoms in total. The van der Waals surface area contributed by atoms with Gasteiger partial charge in [-0.25, -0.2) is 0 Å². The number of anilines is 1. The maximum absolute atomic E-state index is 14.1. The number of fused-ring (bicyclic) bond motifs is 1. The maximum Gasteiger partial charge on any atom is 0.416 e. The number of rotatable bonds is 5. The first-order chi connectivity index (χ1) is 17.9. The van der Waals surface area contributed by atoms with Crippen molar-refractivity contribution in [2.75, 3.05) is 11.4 Å². The van der Waals surface area contributed by atoms with E-state index < -0.39 is 29.7 Å². The van der Waals surface area contributed by atoms with Crippen molar-refractivity contribution in [1.29, 1.82) is 0 Å². The van der Waals surface area contributed by atoms with Crippen molar-refractivity contribution < 1.29 is 27.9 Å². The largest absolute Gasteiger partial charge is 0.416 e. The topological polar surface area (TPSA) is 85.6 Å². The van der Waals surface area contributed by atoms with E-state index in [0.29, 0.717) is 18.5 Å². The van der Waals surface area contributed by atoms with Crippen molar-refractivity contribution in [3.8, 4) is 0 Å². The van der Waals surface area contributed by atoms with Crippen LogP contribution in [0, 0.1) is 5.92 Å². The molecule has 200 valence electrons. The van der Waals surface area contributed by atoms with Crippen LogP contribution in [0.1, 0.15) is 76.9 Å². The zero-order chi connectivity index (χ0) is 27.4. The highest BCUT2D eigenvalue weighted by Crippen LogP contribution is 2.40. The Bertz CT molecular complexity index is 1350. The average molecular weight is 527 g/mol. The van der Waals surface area contributed by atoms with Crippen LogP contribution in [0.2, 0.25) is 0 Å². The molecule has 0 radical (unpaired) electrons. The second-order valence-corrected chi connectivity index (χ2v) is 10.5. The van der Waals surface area contributed by atoms with Gasteiger partial charge < -0.3 is 14.9 Å². The van der Waals surface area contributed by atoms with E-state index in [9.17, 15) is 27.9 Å². The zero-order valence-corrected chi connectivity index (χ0v) is 21.4. The molecule has 2 amide bonds. The molecule has 2 aromatic rings. The molecule has 0 spiro atoms. The number of aliphatic hydroxyl groups is 1. The predicted octanol–water partition coefficient (Wildman–Crippen LogP) is 5.03. The highest BCUT2D eigenvalue weighted by atomic mass is 19.4. The number of halogens is 3. The van der Waals surface area contributed by atoms with Crippen molar-refractivity contribution >= 4 is 29.4 Å². The minimum atomic E-state index is -4.75. The number of hydrogen-bond acceptors (Lipinski definition) is 5. The Morgan fingerprint density at radius 1 is 1.21 bits per heavy atom. The molecule has 1 fully saturated rings. The molecule has 4 atom stereocenters. The smallest absolute Gasteiger partial charge is 0.391 e. The Hall–Kier alpha value is -3.53. The molecule has 0 aromatic heterocycles. The van der Waals surface area contributed by atoms with Gasteiger partial charge in [-0.3, -0.25) is 9.59 Å². The SMILES string of the molecule is CC1C=NN=C1C[C@@H](C)c1cccc(N2Cc3c(cc(C(=O)N4C[C@@H](O)C[C@H]4C)cc3C(F)(F)F)C2=O)c1. The van der Waals surface area contributed by atoms with Crippen LogP contribution in [-0.2, 0) is 12.7 Å². The molecule has 0 saturated carbocycles. The number of β-amino-alcohol motifs (C(OH)–C–C–N with tert-alkyl or cyclic N) is 1. The van der Waals surface area contributed by atoms with Gasteiger partial charge in [0.05, 0.1) is 18.2 Å². The highest BCUT2D eigenvalue weighted by Gasteiger charge is 2.42. The van der Waals surface area contributed by atoms with Gasteiger partial charge in [0.2, 0.25) is 0 Å². The number of benzene rings is 2. The molecule has 3 heterocycles. The van der Waals surface area contributed by atoms with Gasteiger partial charge in [-0.1, -0.05) is 26.0 Å². The lowest BCUT2D eigenvalue weighted by atomic mass is 9.91. The molecular weight excluding hydrogens is 497 g/mol. The van der Waals surface area contributed by atoms with E-state index in [-0.39, 0.29) is 47.7 Å². The van der Waals surface area contributed by atoms with Gasteiger partial charge in [0.15, 0.2) is 0 Å². The Labute approximate surface area is 218 Å². The Morgan fingerprint density at radius 2 is 1.97 bits per heavy atom. The summed E-state index contributed by atoms with van der Waals surface area (Å²) < 4.78 is 42.4. The van der Waals surface area contributed by atoms with Gasteiger partial charge in [-0.2, -0.15) is 23.4 Å². The summed E-state index contributed by atoms with van der Waals surface area (Å²) >= 11 is 0. The second-order valence-electron chi connectivity index (χ2n) is 10.5. The van der Waals surface area contributed by atoms with Crippen LogP contribution < -0.4 is 4.90 Å². The van der Waals surface area contributed by atoms with Crippen LogP contribution in [0.15, 0.2) is 46.6 Å². The fraction of sp³-hybridized carbons (Fsp3) is 0.429. The van der Waals surface area contributed by atoms with E-state index in [0.717, 1.165) is 17.3 Å². The lowest BCUT2D eigenvalue weighted by Crippen LogP contribution is -2.34. The summed E-state index contributed by atoms with van der Waals surface area (Å²) in [6, 6.07) is 9.01. The Morgan fingerprint density at radius 3 is 2.61 bits per heavy atom. The van der Waals surface area contributed by atoms with Crippen molar-refractivity contribution in [3.05, 3.63) is 64.2 Å². The van der Waals surface area contributed by atoms with Crippen LogP contribution in [0.4, 0.5) is 18.9 Å². The molecule has 3 aliphatic heterocycles. The molecule has 38 heavy (non-hydrogen) atoms. The number of carbonyl (C=O) groups is 2. The van der Waals surface area contributed by atoms with Crippen molar-refractivity contribution in [3.63, 3.8) is 0 Å². The summed E-state index contributed by atoms with van der Waals surface area (Å²) in [5.41, 5.74) is 0.924. The molecular formula is C28H29F3N4O3. The predicted molar refractivity (Wildman–Crippen MR) is 138 cm³/mol. The normalized spacial score (nSPS) is 23.7. The minimum absolute atomic E-state index is 0.0425. The van der Waals surface area contributed by atoms with Crippen molar-refractivity contribution in [2.45, 2.75) is 64.4 Å². The molecule has 2 aromatic carbocycles. The number of likely N-dealkylation sites (tertiary alicyclic amines) is 1. The number of amides is 2. The summed E-state index contributed by atoms with van der Waals surface area (Å²) in [5.74, 6) is -0.996. The zero-order valence-electron chi connectivity index (χ0n) is 21.4. The molecule has 1 saturated heterocycles. The number of nitrogens with zero attached hydrogens (tertiary/aromatic N) is 4. The second kappa shape index (κ2) is 9.65. The van der Waals surface area contributed by atoms with Crippen LogP contribution >= 0.6 is 0 Å². The van der Waals surface area contributed by atoms with Crippen LogP contribution in [-0.4, -0.2) is 52.4 Å². The number of hydrogen-bond donors (Lipinski definition) is 1. The summed E-state index contributed by atoms with van der Waals surface area (Å²) in [7, 11) is 0. The van der Waals surface area contributed by atoms with Gasteiger partial charge >= 0.3 is 6.18 Å². The summed E-state index contributed by atoms with van der Waals surface area (Å²) in [5, 5.41) is 18.1. The van der Waals surface area contributed by atoms with Crippen LogP contribution in [0.5, 0.6) is 0 Å². The lowest BCUT2D eigenvalue weighted by Gasteiger charge is -2.22.